The van der Waals surface area contributed by atoms with Gasteiger partial charge in [-0.15, -0.1) is 0 Å². The third kappa shape index (κ3) is 3.33. The molecule has 1 aromatic rings. The summed E-state index contributed by atoms with van der Waals surface area (Å²) in [5.41, 5.74) is 7.33. The summed E-state index contributed by atoms with van der Waals surface area (Å²) >= 11 is 0. The van der Waals surface area contributed by atoms with Crippen molar-refractivity contribution in [3.63, 3.8) is 0 Å². The predicted octanol–water partition coefficient (Wildman–Crippen LogP) is 1.09. The number of nitrogens with one attached hydrogen (secondary N) is 2. The molecular weight excluding hydrogens is 384 g/mol. The molecule has 2 fully saturated rings. The first kappa shape index (κ1) is 20.7. The van der Waals surface area contributed by atoms with E-state index in [0.29, 0.717) is 30.1 Å². The second-order valence-electron chi connectivity index (χ2n) is 8.65. The van der Waals surface area contributed by atoms with E-state index in [2.05, 4.69) is 17.6 Å². The van der Waals surface area contributed by atoms with Crippen molar-refractivity contribution in [1.29, 1.82) is 0 Å². The zero-order valence-corrected chi connectivity index (χ0v) is 17.2. The smallest absolute Gasteiger partial charge is 0.262 e. The van der Waals surface area contributed by atoms with E-state index in [9.17, 15) is 19.2 Å². The molecule has 3 aliphatic rings. The quantitative estimate of drug-likeness (QED) is 0.623. The van der Waals surface area contributed by atoms with Gasteiger partial charge in [0.15, 0.2) is 0 Å². The van der Waals surface area contributed by atoms with Gasteiger partial charge in [-0.25, -0.2) is 0 Å². The van der Waals surface area contributed by atoms with Crippen LogP contribution in [-0.2, 0) is 16.1 Å². The van der Waals surface area contributed by atoms with Crippen molar-refractivity contribution >= 4 is 23.6 Å². The van der Waals surface area contributed by atoms with Gasteiger partial charge in [-0.05, 0) is 36.8 Å². The minimum absolute atomic E-state index is 0.106. The maximum atomic E-state index is 13.2. The molecule has 2 heterocycles. The Morgan fingerprint density at radius 1 is 1.17 bits per heavy atom. The number of hydrogen-bond acceptors (Lipinski definition) is 6. The molecular formula is C22H28N4O4. The molecule has 2 aliphatic heterocycles. The molecule has 1 saturated heterocycles. The molecule has 3 atom stereocenters. The molecule has 4 N–H and O–H groups in total. The normalized spacial score (nSPS) is 29.2. The fourth-order valence-corrected chi connectivity index (χ4v) is 5.06. The van der Waals surface area contributed by atoms with E-state index in [1.807, 2.05) is 6.07 Å². The molecule has 160 valence electrons. The van der Waals surface area contributed by atoms with E-state index in [1.165, 1.54) is 6.42 Å². The van der Waals surface area contributed by atoms with Crippen molar-refractivity contribution < 1.29 is 19.2 Å². The van der Waals surface area contributed by atoms with Gasteiger partial charge in [0.1, 0.15) is 6.04 Å². The summed E-state index contributed by atoms with van der Waals surface area (Å²) in [5, 5.41) is 5.82. The monoisotopic (exact) mass is 412 g/mol. The Morgan fingerprint density at radius 2 is 1.97 bits per heavy atom. The van der Waals surface area contributed by atoms with Gasteiger partial charge < -0.3 is 11.1 Å². The van der Waals surface area contributed by atoms with Gasteiger partial charge in [-0.2, -0.15) is 0 Å². The van der Waals surface area contributed by atoms with Crippen LogP contribution in [0, 0.1) is 5.92 Å². The number of benzene rings is 1. The van der Waals surface area contributed by atoms with Crippen molar-refractivity contribution in [2.45, 2.75) is 63.6 Å². The minimum atomic E-state index is -0.954. The van der Waals surface area contributed by atoms with Crippen molar-refractivity contribution in [1.82, 2.24) is 15.5 Å². The first-order valence-corrected chi connectivity index (χ1v) is 10.7. The van der Waals surface area contributed by atoms with E-state index in [-0.39, 0.29) is 24.3 Å². The second-order valence-corrected chi connectivity index (χ2v) is 8.65. The van der Waals surface area contributed by atoms with Gasteiger partial charge in [-0.3, -0.25) is 29.4 Å². The van der Waals surface area contributed by atoms with Crippen LogP contribution in [0.1, 0.15) is 71.7 Å². The average Bonchev–Trinajstić information content (AvgIpc) is 2.99. The van der Waals surface area contributed by atoms with Gasteiger partial charge in [-0.1, -0.05) is 31.9 Å². The van der Waals surface area contributed by atoms with Crippen molar-refractivity contribution in [2.24, 2.45) is 11.7 Å². The molecule has 4 amide bonds. The third-order valence-corrected chi connectivity index (χ3v) is 7.00. The summed E-state index contributed by atoms with van der Waals surface area (Å²) in [4.78, 5) is 50.9. The van der Waals surface area contributed by atoms with Crippen LogP contribution in [0.15, 0.2) is 18.2 Å². The lowest BCUT2D eigenvalue weighted by atomic mass is 9.73. The minimum Gasteiger partial charge on any atom is -0.329 e. The summed E-state index contributed by atoms with van der Waals surface area (Å²) in [6, 6.07) is 4.26. The van der Waals surface area contributed by atoms with E-state index >= 15 is 0 Å². The Balaban J connectivity index is 1.59. The summed E-state index contributed by atoms with van der Waals surface area (Å²) in [7, 11) is 0. The molecule has 1 saturated carbocycles. The van der Waals surface area contributed by atoms with Gasteiger partial charge in [0.05, 0.1) is 11.1 Å². The summed E-state index contributed by atoms with van der Waals surface area (Å²) in [6.45, 7) is 3.14. The molecule has 4 rings (SSSR count). The molecule has 0 aromatic heterocycles. The lowest BCUT2D eigenvalue weighted by molar-refractivity contribution is -0.136. The molecule has 8 heteroatoms. The van der Waals surface area contributed by atoms with Crippen LogP contribution in [0.25, 0.3) is 0 Å². The van der Waals surface area contributed by atoms with Crippen LogP contribution in [0.2, 0.25) is 0 Å². The van der Waals surface area contributed by atoms with Crippen LogP contribution in [0.4, 0.5) is 0 Å². The molecule has 3 unspecified atom stereocenters. The largest absolute Gasteiger partial charge is 0.329 e. The molecule has 1 aliphatic carbocycles. The predicted molar refractivity (Wildman–Crippen MR) is 109 cm³/mol. The lowest BCUT2D eigenvalue weighted by Gasteiger charge is -2.43. The van der Waals surface area contributed by atoms with Crippen LogP contribution in [0.5, 0.6) is 0 Å². The van der Waals surface area contributed by atoms with Crippen molar-refractivity contribution in [3.8, 4) is 0 Å². The number of rotatable bonds is 5. The van der Waals surface area contributed by atoms with Gasteiger partial charge in [0, 0.05) is 25.0 Å². The average molecular weight is 412 g/mol. The van der Waals surface area contributed by atoms with E-state index in [1.54, 1.807) is 12.1 Å². The fraction of sp³-hybridized carbons (Fsp3) is 0.545. The highest BCUT2D eigenvalue weighted by molar-refractivity contribution is 6.24. The topological polar surface area (TPSA) is 122 Å². The van der Waals surface area contributed by atoms with Crippen LogP contribution in [-0.4, -0.2) is 46.7 Å². The Morgan fingerprint density at radius 3 is 2.67 bits per heavy atom. The number of amides is 4. The fourth-order valence-electron chi connectivity index (χ4n) is 5.06. The molecule has 0 radical (unpaired) electrons. The number of carbonyl (C=O) groups is 4. The highest BCUT2D eigenvalue weighted by Crippen LogP contribution is 2.34. The Labute approximate surface area is 175 Å². The molecule has 0 spiro atoms. The van der Waals surface area contributed by atoms with Crippen LogP contribution < -0.4 is 16.4 Å². The maximum Gasteiger partial charge on any atom is 0.262 e. The summed E-state index contributed by atoms with van der Waals surface area (Å²) in [5.74, 6) is -1.51. The lowest BCUT2D eigenvalue weighted by Crippen LogP contribution is -2.57. The van der Waals surface area contributed by atoms with Crippen molar-refractivity contribution in [2.75, 3.05) is 6.54 Å². The van der Waals surface area contributed by atoms with Crippen LogP contribution in [0.3, 0.4) is 0 Å². The van der Waals surface area contributed by atoms with E-state index in [4.69, 9.17) is 5.73 Å². The number of piperidine rings is 1. The second kappa shape index (κ2) is 7.92. The van der Waals surface area contributed by atoms with E-state index in [0.717, 1.165) is 29.7 Å². The van der Waals surface area contributed by atoms with Crippen molar-refractivity contribution in [3.05, 3.63) is 34.9 Å². The SMILES string of the molecule is CC1CCCCC1(CN)NCc1cccc2c1C(=O)N(C1CCC(=O)NC1=O)C2=O. The number of fused-ring (bicyclic) bond motifs is 1. The number of carbonyl (C=O) groups excluding carboxylic acids is 4. The first-order chi connectivity index (χ1) is 14.4. The number of hydrogen-bond donors (Lipinski definition) is 3. The van der Waals surface area contributed by atoms with E-state index < -0.39 is 23.8 Å². The third-order valence-electron chi connectivity index (χ3n) is 7.00. The Bertz CT molecular complexity index is 914. The molecule has 1 aromatic carbocycles. The molecule has 8 nitrogen and oxygen atoms in total. The standard InChI is InChI=1S/C22H28N4O4/c1-13-5-2-3-10-22(13,12-23)24-11-14-6-4-7-15-18(14)21(30)26(20(15)29)16-8-9-17(27)25-19(16)28/h4,6-7,13,16,24H,2-3,5,8-12,23H2,1H3,(H,25,27,28). The number of imide groups is 2. The van der Waals surface area contributed by atoms with Gasteiger partial charge in [0.25, 0.3) is 11.8 Å². The maximum absolute atomic E-state index is 13.2. The molecule has 0 bridgehead atoms. The highest BCUT2D eigenvalue weighted by atomic mass is 16.2. The van der Waals surface area contributed by atoms with Gasteiger partial charge >= 0.3 is 0 Å². The van der Waals surface area contributed by atoms with Gasteiger partial charge in [0.2, 0.25) is 11.8 Å². The van der Waals surface area contributed by atoms with Crippen LogP contribution >= 0.6 is 0 Å². The summed E-state index contributed by atoms with van der Waals surface area (Å²) < 4.78 is 0. The Hall–Kier alpha value is -2.58. The number of nitrogens with two attached hydrogens (primary N) is 1. The zero-order valence-electron chi connectivity index (χ0n) is 17.2. The molecule has 30 heavy (non-hydrogen) atoms. The number of nitrogens with zero attached hydrogens (tertiary/aromatic N) is 1. The zero-order chi connectivity index (χ0) is 21.5. The summed E-state index contributed by atoms with van der Waals surface area (Å²) in [6.07, 6.45) is 4.65. The first-order valence-electron chi connectivity index (χ1n) is 10.7. The highest BCUT2D eigenvalue weighted by Gasteiger charge is 2.45. The Kier molecular flexibility index (Phi) is 5.46.